The molecule has 4 heteroatoms. The van der Waals surface area contributed by atoms with Gasteiger partial charge in [-0.05, 0) is 5.41 Å². The van der Waals surface area contributed by atoms with Crippen molar-refractivity contribution in [1.29, 1.82) is 0 Å². The molecule has 14 heavy (non-hydrogen) atoms. The van der Waals surface area contributed by atoms with E-state index < -0.39 is 0 Å². The third-order valence-corrected chi connectivity index (χ3v) is 2.26. The zero-order chi connectivity index (χ0) is 9.80. The Bertz CT molecular complexity index is 422. The lowest BCUT2D eigenvalue weighted by Crippen LogP contribution is -1.78. The van der Waals surface area contributed by atoms with E-state index in [1.54, 1.807) is 5.41 Å². The van der Waals surface area contributed by atoms with E-state index in [1.165, 1.54) is 11.8 Å². The van der Waals surface area contributed by atoms with Crippen LogP contribution in [0.25, 0.3) is 11.4 Å². The van der Waals surface area contributed by atoms with Crippen LogP contribution in [0.1, 0.15) is 0 Å². The molecule has 0 fully saturated rings. The minimum absolute atomic E-state index is 0.693. The molecule has 0 aliphatic carbocycles. The first-order chi connectivity index (χ1) is 6.90. The Labute approximate surface area is 86.3 Å². The molecule has 1 heterocycles. The summed E-state index contributed by atoms with van der Waals surface area (Å²) in [6, 6.07) is 9.89. The van der Waals surface area contributed by atoms with E-state index in [-0.39, 0.29) is 0 Å². The van der Waals surface area contributed by atoms with Crippen LogP contribution >= 0.6 is 11.8 Å². The number of aromatic nitrogens is 3. The Kier molecular flexibility index (Phi) is 2.65. The van der Waals surface area contributed by atoms with Gasteiger partial charge in [-0.15, -0.1) is 5.10 Å². The first-order valence-corrected chi connectivity index (χ1v) is 5.03. The van der Waals surface area contributed by atoms with Crippen molar-refractivity contribution in [3.8, 4) is 11.4 Å². The summed E-state index contributed by atoms with van der Waals surface area (Å²) in [5, 5.41) is 9.31. The molecule has 0 bridgehead atoms. The molecule has 0 aliphatic heterocycles. The van der Waals surface area contributed by atoms with Crippen molar-refractivity contribution in [2.24, 2.45) is 0 Å². The fourth-order valence-corrected chi connectivity index (χ4v) is 1.49. The maximum Gasteiger partial charge on any atom is 0.212 e. The molecule has 0 spiro atoms. The standard InChI is InChI=1S/C10H9N3S/c1-2-14-10-11-9(12-13-10)8-6-4-3-5-7-8/h2-7H,1H2,(H,11,12,13). The summed E-state index contributed by atoms with van der Waals surface area (Å²) in [6.07, 6.45) is 0. The Morgan fingerprint density at radius 2 is 2.07 bits per heavy atom. The van der Waals surface area contributed by atoms with Crippen molar-refractivity contribution < 1.29 is 0 Å². The second-order valence-corrected chi connectivity index (χ2v) is 3.55. The molecule has 1 aromatic carbocycles. The zero-order valence-electron chi connectivity index (χ0n) is 7.47. The summed E-state index contributed by atoms with van der Waals surface area (Å²) in [4.78, 5) is 4.30. The van der Waals surface area contributed by atoms with Gasteiger partial charge < -0.3 is 0 Å². The Morgan fingerprint density at radius 1 is 1.29 bits per heavy atom. The van der Waals surface area contributed by atoms with Gasteiger partial charge in [0, 0.05) is 5.56 Å². The summed E-state index contributed by atoms with van der Waals surface area (Å²) >= 11 is 1.40. The van der Waals surface area contributed by atoms with E-state index in [1.807, 2.05) is 30.3 Å². The van der Waals surface area contributed by atoms with E-state index in [0.29, 0.717) is 5.16 Å². The molecule has 1 aromatic heterocycles. The molecule has 0 amide bonds. The first kappa shape index (κ1) is 9.02. The highest BCUT2D eigenvalue weighted by Crippen LogP contribution is 2.18. The number of aromatic amines is 1. The Hall–Kier alpha value is -1.55. The molecule has 1 N–H and O–H groups in total. The van der Waals surface area contributed by atoms with E-state index in [2.05, 4.69) is 21.8 Å². The smallest absolute Gasteiger partial charge is 0.212 e. The number of nitrogens with one attached hydrogen (secondary N) is 1. The van der Waals surface area contributed by atoms with Gasteiger partial charge >= 0.3 is 0 Å². The van der Waals surface area contributed by atoms with Gasteiger partial charge in [0.2, 0.25) is 5.16 Å². The normalized spacial score (nSPS) is 10.0. The highest BCUT2D eigenvalue weighted by Gasteiger charge is 2.03. The number of thioether (sulfide) groups is 1. The van der Waals surface area contributed by atoms with E-state index in [9.17, 15) is 0 Å². The number of nitrogens with zero attached hydrogens (tertiary/aromatic N) is 2. The van der Waals surface area contributed by atoms with Crippen molar-refractivity contribution in [3.05, 3.63) is 42.3 Å². The van der Waals surface area contributed by atoms with E-state index in [0.717, 1.165) is 11.4 Å². The third kappa shape index (κ3) is 1.85. The zero-order valence-corrected chi connectivity index (χ0v) is 8.29. The molecule has 3 nitrogen and oxygen atoms in total. The van der Waals surface area contributed by atoms with E-state index in [4.69, 9.17) is 0 Å². The quantitative estimate of drug-likeness (QED) is 0.780. The van der Waals surface area contributed by atoms with Gasteiger partial charge in [-0.3, -0.25) is 5.10 Å². The minimum atomic E-state index is 0.693. The SMILES string of the molecule is C=CSc1n[nH]c(-c2ccccc2)n1. The summed E-state index contributed by atoms with van der Waals surface area (Å²) < 4.78 is 0. The van der Waals surface area contributed by atoms with Gasteiger partial charge in [-0.1, -0.05) is 48.7 Å². The molecular formula is C10H9N3S. The second kappa shape index (κ2) is 4.11. The highest BCUT2D eigenvalue weighted by atomic mass is 32.2. The van der Waals surface area contributed by atoms with Crippen molar-refractivity contribution in [2.75, 3.05) is 0 Å². The first-order valence-electron chi connectivity index (χ1n) is 4.15. The van der Waals surface area contributed by atoms with Crippen molar-refractivity contribution in [1.82, 2.24) is 15.2 Å². The monoisotopic (exact) mass is 203 g/mol. The molecule has 70 valence electrons. The lowest BCUT2D eigenvalue weighted by Gasteiger charge is -1.92. The van der Waals surface area contributed by atoms with Crippen LogP contribution < -0.4 is 0 Å². The van der Waals surface area contributed by atoms with Gasteiger partial charge in [0.1, 0.15) is 0 Å². The van der Waals surface area contributed by atoms with Crippen LogP contribution in [-0.4, -0.2) is 15.2 Å². The van der Waals surface area contributed by atoms with Gasteiger partial charge in [0.25, 0.3) is 0 Å². The lowest BCUT2D eigenvalue weighted by atomic mass is 10.2. The number of H-pyrrole nitrogens is 1. The molecule has 0 unspecified atom stereocenters. The fraction of sp³-hybridized carbons (Fsp3) is 0. The predicted molar refractivity (Wildman–Crippen MR) is 57.9 cm³/mol. The molecule has 0 aliphatic rings. The average molecular weight is 203 g/mol. The summed E-state index contributed by atoms with van der Waals surface area (Å²) in [6.45, 7) is 3.61. The number of hydrogen-bond acceptors (Lipinski definition) is 3. The van der Waals surface area contributed by atoms with Crippen molar-refractivity contribution >= 4 is 11.8 Å². The fourth-order valence-electron chi connectivity index (χ4n) is 1.10. The van der Waals surface area contributed by atoms with Gasteiger partial charge in [0.05, 0.1) is 0 Å². The van der Waals surface area contributed by atoms with Crippen molar-refractivity contribution in [3.63, 3.8) is 0 Å². The third-order valence-electron chi connectivity index (χ3n) is 1.70. The highest BCUT2D eigenvalue weighted by molar-refractivity contribution is 8.01. The molecule has 0 radical (unpaired) electrons. The van der Waals surface area contributed by atoms with E-state index >= 15 is 0 Å². The summed E-state index contributed by atoms with van der Waals surface area (Å²) in [5.74, 6) is 0.787. The van der Waals surface area contributed by atoms with Crippen LogP contribution in [0.5, 0.6) is 0 Å². The maximum absolute atomic E-state index is 4.30. The predicted octanol–water partition coefficient (Wildman–Crippen LogP) is 2.71. The van der Waals surface area contributed by atoms with Crippen LogP contribution in [0.4, 0.5) is 0 Å². The molecule has 2 aromatic rings. The Balaban J connectivity index is 2.29. The number of hydrogen-bond donors (Lipinski definition) is 1. The average Bonchev–Trinajstić information content (AvgIpc) is 2.68. The second-order valence-electron chi connectivity index (χ2n) is 2.62. The number of benzene rings is 1. The van der Waals surface area contributed by atoms with Crippen LogP contribution in [0.15, 0.2) is 47.5 Å². The van der Waals surface area contributed by atoms with Crippen LogP contribution in [0.2, 0.25) is 0 Å². The van der Waals surface area contributed by atoms with Crippen molar-refractivity contribution in [2.45, 2.75) is 5.16 Å². The molecule has 2 rings (SSSR count). The molecule has 0 atom stereocenters. The molecule has 0 saturated heterocycles. The summed E-state index contributed by atoms with van der Waals surface area (Å²) in [7, 11) is 0. The van der Waals surface area contributed by atoms with Gasteiger partial charge in [0.15, 0.2) is 5.82 Å². The number of rotatable bonds is 3. The largest absolute Gasteiger partial charge is 0.258 e. The Morgan fingerprint density at radius 3 is 2.79 bits per heavy atom. The van der Waals surface area contributed by atoms with Crippen LogP contribution in [0.3, 0.4) is 0 Å². The van der Waals surface area contributed by atoms with Gasteiger partial charge in [-0.2, -0.15) is 0 Å². The molecular weight excluding hydrogens is 194 g/mol. The van der Waals surface area contributed by atoms with Crippen LogP contribution in [-0.2, 0) is 0 Å². The maximum atomic E-state index is 4.30. The lowest BCUT2D eigenvalue weighted by molar-refractivity contribution is 0.977. The topological polar surface area (TPSA) is 41.6 Å². The molecule has 0 saturated carbocycles. The minimum Gasteiger partial charge on any atom is -0.258 e. The van der Waals surface area contributed by atoms with Gasteiger partial charge in [-0.25, -0.2) is 4.98 Å². The summed E-state index contributed by atoms with van der Waals surface area (Å²) in [5.41, 5.74) is 1.04. The van der Waals surface area contributed by atoms with Crippen LogP contribution in [0, 0.1) is 0 Å².